The Kier molecular flexibility index (Phi) is 5.83. The van der Waals surface area contributed by atoms with E-state index >= 15 is 0 Å². The van der Waals surface area contributed by atoms with Crippen LogP contribution in [0, 0.1) is 0 Å². The Morgan fingerprint density at radius 2 is 1.76 bits per heavy atom. The smallest absolute Gasteiger partial charge is 0.215 e. The van der Waals surface area contributed by atoms with Crippen molar-refractivity contribution in [3.05, 3.63) is 53.9 Å². The fourth-order valence-corrected chi connectivity index (χ4v) is 3.98. The lowest BCUT2D eigenvalue weighted by atomic mass is 10.1. The van der Waals surface area contributed by atoms with Gasteiger partial charge in [0.05, 0.1) is 32.3 Å². The second kappa shape index (κ2) is 8.68. The number of piperazine rings is 1. The molecule has 0 amide bonds. The highest BCUT2D eigenvalue weighted by Gasteiger charge is 2.23. The summed E-state index contributed by atoms with van der Waals surface area (Å²) in [7, 11) is 3.27. The van der Waals surface area contributed by atoms with Gasteiger partial charge in [0.1, 0.15) is 31.0 Å². The highest BCUT2D eigenvalue weighted by atomic mass is 16.5. The molecular weight excluding hydrogens is 368 g/mol. The Morgan fingerprint density at radius 1 is 1.00 bits per heavy atom. The quantitative estimate of drug-likeness (QED) is 0.626. The molecule has 4 rings (SSSR count). The van der Waals surface area contributed by atoms with Crippen LogP contribution in [-0.2, 0) is 0 Å². The minimum absolute atomic E-state index is 0.242. The van der Waals surface area contributed by atoms with E-state index in [1.165, 1.54) is 10.3 Å². The molecule has 1 aromatic heterocycles. The number of hydrogen-bond acceptors (Lipinski definition) is 4. The number of ether oxygens (including phenoxy) is 2. The molecular formula is C23H28N2O4+2. The summed E-state index contributed by atoms with van der Waals surface area (Å²) in [6.45, 7) is 5.00. The van der Waals surface area contributed by atoms with Gasteiger partial charge in [-0.15, -0.1) is 0 Å². The van der Waals surface area contributed by atoms with Crippen LogP contribution >= 0.6 is 0 Å². The predicted octanol–water partition coefficient (Wildman–Crippen LogP) is 0.780. The summed E-state index contributed by atoms with van der Waals surface area (Å²) in [6, 6.07) is 16.1. The van der Waals surface area contributed by atoms with Gasteiger partial charge in [-0.1, -0.05) is 12.1 Å². The van der Waals surface area contributed by atoms with Crippen LogP contribution in [0.3, 0.4) is 0 Å². The van der Waals surface area contributed by atoms with Gasteiger partial charge in [0.15, 0.2) is 24.6 Å². The first-order valence-electron chi connectivity index (χ1n) is 10.0. The molecule has 0 bridgehead atoms. The van der Waals surface area contributed by atoms with E-state index in [0.29, 0.717) is 11.5 Å². The Balaban J connectivity index is 1.83. The first kappa shape index (κ1) is 19.5. The van der Waals surface area contributed by atoms with E-state index in [0.717, 1.165) is 55.0 Å². The van der Waals surface area contributed by atoms with Gasteiger partial charge < -0.3 is 23.9 Å². The highest BCUT2D eigenvalue weighted by molar-refractivity contribution is 5.78. The molecule has 2 N–H and O–H groups in total. The monoisotopic (exact) mass is 396 g/mol. The molecule has 0 saturated carbocycles. The first-order valence-corrected chi connectivity index (χ1v) is 10.0. The standard InChI is InChI=1S/C23H27N2O4/c1-27-21-8-7-17(15-23(21)28-2)22-16-19(18-5-3-4-6-20(18)29-22)25-11-9-24(10-12-25)13-14-26/h3-8,15-16,26H,9-14H2,1-2H3/q+1/p+1. The van der Waals surface area contributed by atoms with Crippen molar-refractivity contribution in [3.8, 4) is 22.8 Å². The summed E-state index contributed by atoms with van der Waals surface area (Å²) in [5.41, 5.74) is 1.80. The van der Waals surface area contributed by atoms with Crippen molar-refractivity contribution in [3.63, 3.8) is 0 Å². The van der Waals surface area contributed by atoms with Gasteiger partial charge >= 0.3 is 0 Å². The number of para-hydroxylation sites is 1. The van der Waals surface area contributed by atoms with Crippen LogP contribution in [0.5, 0.6) is 11.5 Å². The number of aliphatic hydroxyl groups excluding tert-OH is 1. The molecule has 2 aromatic carbocycles. The Hall–Kier alpha value is -2.83. The zero-order valence-corrected chi connectivity index (χ0v) is 17.0. The zero-order chi connectivity index (χ0) is 20.2. The molecule has 2 heterocycles. The molecule has 0 unspecified atom stereocenters. The van der Waals surface area contributed by atoms with Crippen LogP contribution in [0.1, 0.15) is 0 Å². The van der Waals surface area contributed by atoms with Crippen LogP contribution < -0.4 is 24.3 Å². The number of nitrogens with one attached hydrogen (secondary N) is 1. The molecule has 29 heavy (non-hydrogen) atoms. The van der Waals surface area contributed by atoms with Crippen LogP contribution in [0.15, 0.2) is 52.9 Å². The van der Waals surface area contributed by atoms with Gasteiger partial charge in [0.25, 0.3) is 0 Å². The van der Waals surface area contributed by atoms with E-state index in [2.05, 4.69) is 16.7 Å². The third-order valence-electron chi connectivity index (χ3n) is 5.60. The Bertz CT molecular complexity index is 1060. The summed E-state index contributed by atoms with van der Waals surface area (Å²) in [5, 5.41) is 11.5. The maximum atomic E-state index is 9.22. The molecule has 1 saturated heterocycles. The molecule has 6 nitrogen and oxygen atoms in total. The largest absolute Gasteiger partial charge is 0.493 e. The lowest BCUT2D eigenvalue weighted by molar-refractivity contribution is -0.902. The molecule has 0 aliphatic carbocycles. The average Bonchev–Trinajstić information content (AvgIpc) is 2.78. The van der Waals surface area contributed by atoms with Crippen molar-refractivity contribution in [2.45, 2.75) is 0 Å². The summed E-state index contributed by atoms with van der Waals surface area (Å²) in [4.78, 5) is 1.45. The number of nitrogens with zero attached hydrogens (tertiary/aromatic N) is 1. The topological polar surface area (TPSA) is 59.3 Å². The number of benzene rings is 2. The fraction of sp³-hybridized carbons (Fsp3) is 0.348. The van der Waals surface area contributed by atoms with E-state index in [4.69, 9.17) is 13.9 Å². The summed E-state index contributed by atoms with van der Waals surface area (Å²) >= 11 is 0. The molecule has 0 atom stereocenters. The number of methoxy groups -OCH3 is 2. The van der Waals surface area contributed by atoms with E-state index in [1.807, 2.05) is 36.4 Å². The van der Waals surface area contributed by atoms with E-state index in [1.54, 1.807) is 14.2 Å². The lowest BCUT2D eigenvalue weighted by Crippen LogP contribution is -3.15. The molecule has 1 aliphatic rings. The first-order chi connectivity index (χ1) is 14.2. The fourth-order valence-electron chi connectivity index (χ4n) is 3.98. The van der Waals surface area contributed by atoms with Crippen molar-refractivity contribution in [1.82, 2.24) is 4.58 Å². The number of hydrogen-bond donors (Lipinski definition) is 2. The summed E-state index contributed by atoms with van der Waals surface area (Å²) < 4.78 is 19.5. The lowest BCUT2D eigenvalue weighted by Gasteiger charge is -2.21. The molecule has 152 valence electrons. The Morgan fingerprint density at radius 3 is 2.48 bits per heavy atom. The number of fused-ring (bicyclic) bond motifs is 1. The van der Waals surface area contributed by atoms with Crippen molar-refractivity contribution in [1.29, 1.82) is 0 Å². The molecule has 3 aromatic rings. The van der Waals surface area contributed by atoms with Crippen molar-refractivity contribution >= 4 is 11.0 Å². The van der Waals surface area contributed by atoms with Gasteiger partial charge in [0.2, 0.25) is 5.36 Å². The third kappa shape index (κ3) is 3.99. The minimum atomic E-state index is 0.242. The van der Waals surface area contributed by atoms with Gasteiger partial charge in [-0.05, 0) is 30.3 Å². The normalized spacial score (nSPS) is 16.8. The number of aliphatic hydroxyl groups is 1. The minimum Gasteiger partial charge on any atom is -0.493 e. The molecule has 0 radical (unpaired) electrons. The SMILES string of the molecule is COc1ccc(-c2cc(=[N+]3CC[NH+](CCO)CC3)c3ccccc3o2)cc1OC. The maximum Gasteiger partial charge on any atom is 0.215 e. The molecule has 6 heteroatoms. The molecule has 1 fully saturated rings. The molecule has 0 spiro atoms. The van der Waals surface area contributed by atoms with E-state index in [-0.39, 0.29) is 6.61 Å². The van der Waals surface area contributed by atoms with Crippen LogP contribution in [0.25, 0.3) is 22.3 Å². The van der Waals surface area contributed by atoms with Gasteiger partial charge in [-0.2, -0.15) is 0 Å². The predicted molar refractivity (Wildman–Crippen MR) is 112 cm³/mol. The molecule has 1 aliphatic heterocycles. The van der Waals surface area contributed by atoms with Gasteiger partial charge in [0, 0.05) is 5.56 Å². The van der Waals surface area contributed by atoms with Gasteiger partial charge in [-0.25, -0.2) is 4.58 Å². The van der Waals surface area contributed by atoms with Crippen LogP contribution in [-0.4, -0.2) is 58.7 Å². The number of quaternary nitrogens is 1. The van der Waals surface area contributed by atoms with Crippen LogP contribution in [0.4, 0.5) is 0 Å². The van der Waals surface area contributed by atoms with E-state index < -0.39 is 0 Å². The van der Waals surface area contributed by atoms with Gasteiger partial charge in [-0.3, -0.25) is 0 Å². The third-order valence-corrected chi connectivity index (χ3v) is 5.60. The highest BCUT2D eigenvalue weighted by Crippen LogP contribution is 2.32. The van der Waals surface area contributed by atoms with Crippen molar-refractivity contribution in [2.75, 3.05) is 53.6 Å². The van der Waals surface area contributed by atoms with Crippen molar-refractivity contribution < 1.29 is 23.9 Å². The second-order valence-corrected chi connectivity index (χ2v) is 7.27. The maximum absolute atomic E-state index is 9.22. The second-order valence-electron chi connectivity index (χ2n) is 7.27. The summed E-state index contributed by atoms with van der Waals surface area (Å²) in [5.74, 6) is 2.17. The Labute approximate surface area is 170 Å². The average molecular weight is 396 g/mol. The van der Waals surface area contributed by atoms with Crippen LogP contribution in [0.2, 0.25) is 0 Å². The number of rotatable bonds is 5. The van der Waals surface area contributed by atoms with Crippen molar-refractivity contribution in [2.24, 2.45) is 0 Å². The van der Waals surface area contributed by atoms with E-state index in [9.17, 15) is 5.11 Å². The zero-order valence-electron chi connectivity index (χ0n) is 17.0. The summed E-state index contributed by atoms with van der Waals surface area (Å²) in [6.07, 6.45) is 0.